The summed E-state index contributed by atoms with van der Waals surface area (Å²) in [5.41, 5.74) is 0.844. The number of nitrogens with zero attached hydrogens (tertiary/aromatic N) is 1. The molecule has 0 aliphatic carbocycles. The van der Waals surface area contributed by atoms with E-state index in [9.17, 15) is 19.7 Å². The van der Waals surface area contributed by atoms with Crippen molar-refractivity contribution < 1.29 is 24.0 Å². The zero-order chi connectivity index (χ0) is 18.9. The predicted octanol–water partition coefficient (Wildman–Crippen LogP) is 2.85. The minimum atomic E-state index is -0.660. The molecule has 0 heterocycles. The molecule has 8 heteroatoms. The third-order valence-electron chi connectivity index (χ3n) is 3.30. The Labute approximate surface area is 149 Å². The Morgan fingerprint density at radius 1 is 1.15 bits per heavy atom. The topological polar surface area (TPSA) is 108 Å². The molecule has 0 fully saturated rings. The largest absolute Gasteiger partial charge is 0.493 e. The molecule has 0 spiro atoms. The van der Waals surface area contributed by atoms with Crippen molar-refractivity contribution in [2.45, 2.75) is 13.3 Å². The summed E-state index contributed by atoms with van der Waals surface area (Å²) in [5, 5.41) is 13.2. The SMILES string of the molecule is Cc1cccc(OCCC(=O)OCC(=O)Nc2ccccc2[N+](=O)[O-])c1. The van der Waals surface area contributed by atoms with Gasteiger partial charge in [0.1, 0.15) is 11.4 Å². The van der Waals surface area contributed by atoms with Crippen LogP contribution < -0.4 is 10.1 Å². The molecular formula is C18H18N2O6. The van der Waals surface area contributed by atoms with Crippen molar-refractivity contribution >= 4 is 23.3 Å². The molecule has 0 saturated carbocycles. The summed E-state index contributed by atoms with van der Waals surface area (Å²) in [6.07, 6.45) is -0.0211. The Morgan fingerprint density at radius 2 is 1.92 bits per heavy atom. The molecule has 0 aliphatic heterocycles. The number of aryl methyl sites for hydroxylation is 1. The summed E-state index contributed by atoms with van der Waals surface area (Å²) in [4.78, 5) is 33.7. The third kappa shape index (κ3) is 5.90. The van der Waals surface area contributed by atoms with Crippen LogP contribution in [0.15, 0.2) is 48.5 Å². The van der Waals surface area contributed by atoms with Crippen LogP contribution in [0.2, 0.25) is 0 Å². The first-order valence-corrected chi connectivity index (χ1v) is 7.84. The second kappa shape index (κ2) is 9.16. The summed E-state index contributed by atoms with van der Waals surface area (Å²) in [6, 6.07) is 13.1. The predicted molar refractivity (Wildman–Crippen MR) is 94.0 cm³/mol. The highest BCUT2D eigenvalue weighted by Gasteiger charge is 2.15. The molecule has 0 aromatic heterocycles. The molecule has 0 aliphatic rings. The van der Waals surface area contributed by atoms with Crippen LogP contribution in [-0.2, 0) is 14.3 Å². The van der Waals surface area contributed by atoms with E-state index in [2.05, 4.69) is 5.32 Å². The number of carbonyl (C=O) groups excluding carboxylic acids is 2. The quantitative estimate of drug-likeness (QED) is 0.442. The zero-order valence-electron chi connectivity index (χ0n) is 14.1. The number of nitrogens with one attached hydrogen (secondary N) is 1. The van der Waals surface area contributed by atoms with Gasteiger partial charge in [-0.15, -0.1) is 0 Å². The van der Waals surface area contributed by atoms with E-state index in [1.54, 1.807) is 12.1 Å². The smallest absolute Gasteiger partial charge is 0.309 e. The monoisotopic (exact) mass is 358 g/mol. The maximum absolute atomic E-state index is 11.8. The van der Waals surface area contributed by atoms with Gasteiger partial charge in [0.25, 0.3) is 11.6 Å². The molecule has 2 aromatic rings. The van der Waals surface area contributed by atoms with Gasteiger partial charge in [-0.2, -0.15) is 0 Å². The van der Waals surface area contributed by atoms with Crippen molar-refractivity contribution in [1.82, 2.24) is 0 Å². The van der Waals surface area contributed by atoms with Crippen molar-refractivity contribution in [3.05, 3.63) is 64.2 Å². The number of amides is 1. The maximum Gasteiger partial charge on any atom is 0.309 e. The maximum atomic E-state index is 11.8. The number of para-hydroxylation sites is 2. The Morgan fingerprint density at radius 3 is 2.65 bits per heavy atom. The van der Waals surface area contributed by atoms with Gasteiger partial charge >= 0.3 is 5.97 Å². The Balaban J connectivity index is 1.73. The van der Waals surface area contributed by atoms with Gasteiger partial charge in [0.15, 0.2) is 6.61 Å². The molecule has 0 atom stereocenters. The van der Waals surface area contributed by atoms with Gasteiger partial charge in [-0.25, -0.2) is 0 Å². The second-order valence-electron chi connectivity index (χ2n) is 5.40. The van der Waals surface area contributed by atoms with Gasteiger partial charge in [-0.3, -0.25) is 19.7 Å². The first-order chi connectivity index (χ1) is 12.5. The molecule has 0 saturated heterocycles. The van der Waals surface area contributed by atoms with E-state index in [0.29, 0.717) is 5.75 Å². The van der Waals surface area contributed by atoms with Gasteiger partial charge in [0.2, 0.25) is 0 Å². The number of hydrogen-bond donors (Lipinski definition) is 1. The third-order valence-corrected chi connectivity index (χ3v) is 3.30. The summed E-state index contributed by atoms with van der Waals surface area (Å²) < 4.78 is 10.3. The van der Waals surface area contributed by atoms with E-state index in [1.807, 2.05) is 25.1 Å². The van der Waals surface area contributed by atoms with Gasteiger partial charge in [-0.1, -0.05) is 24.3 Å². The summed E-state index contributed by atoms with van der Waals surface area (Å²) >= 11 is 0. The molecule has 0 unspecified atom stereocenters. The van der Waals surface area contributed by atoms with E-state index in [4.69, 9.17) is 9.47 Å². The standard InChI is InChI=1S/C18H18N2O6/c1-13-5-4-6-14(11-13)25-10-9-18(22)26-12-17(21)19-15-7-2-3-8-16(15)20(23)24/h2-8,11H,9-10,12H2,1H3,(H,19,21). The van der Waals surface area contributed by atoms with E-state index in [0.717, 1.165) is 5.56 Å². The Kier molecular flexibility index (Phi) is 6.67. The van der Waals surface area contributed by atoms with E-state index in [-0.39, 0.29) is 24.4 Å². The van der Waals surface area contributed by atoms with Crippen molar-refractivity contribution in [3.8, 4) is 5.75 Å². The number of nitro benzene ring substituents is 1. The molecule has 8 nitrogen and oxygen atoms in total. The normalized spacial score (nSPS) is 10.0. The highest BCUT2D eigenvalue weighted by Crippen LogP contribution is 2.22. The first-order valence-electron chi connectivity index (χ1n) is 7.84. The molecule has 1 amide bonds. The lowest BCUT2D eigenvalue weighted by atomic mass is 10.2. The average molecular weight is 358 g/mol. The van der Waals surface area contributed by atoms with Crippen LogP contribution in [0.25, 0.3) is 0 Å². The lowest BCUT2D eigenvalue weighted by Crippen LogP contribution is -2.22. The fraction of sp³-hybridized carbons (Fsp3) is 0.222. The number of anilines is 1. The Hall–Kier alpha value is -3.42. The van der Waals surface area contributed by atoms with Crippen LogP contribution in [0.5, 0.6) is 5.75 Å². The highest BCUT2D eigenvalue weighted by atomic mass is 16.6. The zero-order valence-corrected chi connectivity index (χ0v) is 14.1. The van der Waals surface area contributed by atoms with Crippen molar-refractivity contribution in [2.75, 3.05) is 18.5 Å². The van der Waals surface area contributed by atoms with Crippen molar-refractivity contribution in [3.63, 3.8) is 0 Å². The fourth-order valence-corrected chi connectivity index (χ4v) is 2.10. The summed E-state index contributed by atoms with van der Waals surface area (Å²) in [5.74, 6) is -0.616. The van der Waals surface area contributed by atoms with Crippen LogP contribution in [-0.4, -0.2) is 30.0 Å². The molecule has 1 N–H and O–H groups in total. The van der Waals surface area contributed by atoms with Gasteiger partial charge in [0, 0.05) is 6.07 Å². The number of rotatable bonds is 8. The van der Waals surface area contributed by atoms with Gasteiger partial charge in [-0.05, 0) is 30.7 Å². The number of hydrogen-bond acceptors (Lipinski definition) is 6. The van der Waals surface area contributed by atoms with E-state index in [1.165, 1.54) is 18.2 Å². The molecule has 26 heavy (non-hydrogen) atoms. The summed E-state index contributed by atoms with van der Waals surface area (Å²) in [6.45, 7) is 1.51. The van der Waals surface area contributed by atoms with Crippen LogP contribution in [0.4, 0.5) is 11.4 Å². The fourth-order valence-electron chi connectivity index (χ4n) is 2.10. The van der Waals surface area contributed by atoms with Crippen LogP contribution in [0, 0.1) is 17.0 Å². The molecule has 2 aromatic carbocycles. The number of ether oxygens (including phenoxy) is 2. The molecule has 136 valence electrons. The first kappa shape index (κ1) is 18.9. The molecule has 0 radical (unpaired) electrons. The van der Waals surface area contributed by atoms with Crippen LogP contribution >= 0.6 is 0 Å². The number of esters is 1. The highest BCUT2D eigenvalue weighted by molar-refractivity contribution is 5.94. The average Bonchev–Trinajstić information content (AvgIpc) is 2.60. The molecule has 0 bridgehead atoms. The second-order valence-corrected chi connectivity index (χ2v) is 5.40. The molecular weight excluding hydrogens is 340 g/mol. The van der Waals surface area contributed by atoms with Gasteiger partial charge in [0.05, 0.1) is 18.0 Å². The van der Waals surface area contributed by atoms with Crippen LogP contribution in [0.1, 0.15) is 12.0 Å². The van der Waals surface area contributed by atoms with E-state index >= 15 is 0 Å². The summed E-state index contributed by atoms with van der Waals surface area (Å²) in [7, 11) is 0. The minimum absolute atomic E-state index is 0.0211. The van der Waals surface area contributed by atoms with Crippen LogP contribution in [0.3, 0.4) is 0 Å². The number of carbonyl (C=O) groups is 2. The van der Waals surface area contributed by atoms with Crippen molar-refractivity contribution in [2.24, 2.45) is 0 Å². The van der Waals surface area contributed by atoms with E-state index < -0.39 is 23.4 Å². The Bertz CT molecular complexity index is 806. The van der Waals surface area contributed by atoms with Crippen molar-refractivity contribution in [1.29, 1.82) is 0 Å². The lowest BCUT2D eigenvalue weighted by Gasteiger charge is -2.08. The van der Waals surface area contributed by atoms with Gasteiger partial charge < -0.3 is 14.8 Å². The number of benzene rings is 2. The minimum Gasteiger partial charge on any atom is -0.493 e. The number of nitro groups is 1. The lowest BCUT2D eigenvalue weighted by molar-refractivity contribution is -0.383. The molecule has 2 rings (SSSR count).